The predicted octanol–water partition coefficient (Wildman–Crippen LogP) is 0.805. The van der Waals surface area contributed by atoms with E-state index in [2.05, 4.69) is 5.32 Å². The van der Waals surface area contributed by atoms with Crippen LogP contribution in [0.15, 0.2) is 24.3 Å². The van der Waals surface area contributed by atoms with Gasteiger partial charge in [0.15, 0.2) is 0 Å². The molecule has 6 N–H and O–H groups in total. The van der Waals surface area contributed by atoms with Gasteiger partial charge in [-0.25, -0.2) is 9.59 Å². The fraction of sp³-hybridized carbons (Fsp3) is 0.429. The Kier molecular flexibility index (Phi) is 4.80. The fourth-order valence-electron chi connectivity index (χ4n) is 1.50. The molecule has 21 heavy (non-hydrogen) atoms. The van der Waals surface area contributed by atoms with E-state index in [9.17, 15) is 14.7 Å². The molecule has 0 heterocycles. The molecule has 0 aliphatic rings. The molecule has 116 valence electrons. The molecule has 1 rings (SSSR count). The lowest BCUT2D eigenvalue weighted by Gasteiger charge is -2.28. The van der Waals surface area contributed by atoms with Gasteiger partial charge in [-0.05, 0) is 32.9 Å². The summed E-state index contributed by atoms with van der Waals surface area (Å²) >= 11 is 0. The minimum Gasteiger partial charge on any atom is -0.479 e. The minimum atomic E-state index is -2.20. The van der Waals surface area contributed by atoms with Gasteiger partial charge in [-0.3, -0.25) is 0 Å². The standard InChI is InChI=1S/C14H21N3O4/c1-13(2,3)21-12(20)14(16,11(18)19)8-17-10-7-5-4-6-9(10)15/h4-7,17H,8,15-16H2,1-3H3,(H,18,19). The monoisotopic (exact) mass is 295 g/mol. The molecule has 0 amide bonds. The molecule has 7 nitrogen and oxygen atoms in total. The first-order valence-electron chi connectivity index (χ1n) is 6.40. The zero-order valence-corrected chi connectivity index (χ0v) is 12.3. The van der Waals surface area contributed by atoms with Crippen LogP contribution in [0.1, 0.15) is 20.8 Å². The molecule has 1 aromatic rings. The van der Waals surface area contributed by atoms with E-state index >= 15 is 0 Å². The van der Waals surface area contributed by atoms with Gasteiger partial charge in [0, 0.05) is 0 Å². The number of nitrogens with one attached hydrogen (secondary N) is 1. The number of esters is 1. The number of carboxylic acid groups (broad SMARTS) is 1. The largest absolute Gasteiger partial charge is 0.479 e. The van der Waals surface area contributed by atoms with E-state index in [0.29, 0.717) is 11.4 Å². The molecular weight excluding hydrogens is 274 g/mol. The number of carbonyl (C=O) groups excluding carboxylic acids is 1. The molecule has 0 aliphatic heterocycles. The van der Waals surface area contributed by atoms with Crippen LogP contribution in [0.5, 0.6) is 0 Å². The number of nitrogens with two attached hydrogens (primary N) is 2. The summed E-state index contributed by atoms with van der Waals surface area (Å²) < 4.78 is 5.07. The van der Waals surface area contributed by atoms with E-state index in [4.69, 9.17) is 16.2 Å². The number of ether oxygens (including phenoxy) is 1. The van der Waals surface area contributed by atoms with E-state index in [1.807, 2.05) is 0 Å². The van der Waals surface area contributed by atoms with Crippen LogP contribution in [0.25, 0.3) is 0 Å². The number of carbonyl (C=O) groups is 2. The Bertz CT molecular complexity index is 539. The molecule has 0 saturated carbocycles. The average molecular weight is 295 g/mol. The maximum atomic E-state index is 12.0. The predicted molar refractivity (Wildman–Crippen MR) is 79.7 cm³/mol. The van der Waals surface area contributed by atoms with E-state index in [0.717, 1.165) is 0 Å². The van der Waals surface area contributed by atoms with E-state index in [-0.39, 0.29) is 6.54 Å². The molecule has 0 bridgehead atoms. The smallest absolute Gasteiger partial charge is 0.340 e. The van der Waals surface area contributed by atoms with E-state index in [1.165, 1.54) is 0 Å². The van der Waals surface area contributed by atoms with Gasteiger partial charge >= 0.3 is 11.9 Å². The van der Waals surface area contributed by atoms with Crippen LogP contribution >= 0.6 is 0 Å². The van der Waals surface area contributed by atoms with Crippen molar-refractivity contribution in [1.82, 2.24) is 0 Å². The number of para-hydroxylation sites is 2. The van der Waals surface area contributed by atoms with Crippen molar-refractivity contribution < 1.29 is 19.4 Å². The van der Waals surface area contributed by atoms with Gasteiger partial charge in [0.1, 0.15) is 5.60 Å². The van der Waals surface area contributed by atoms with Crippen LogP contribution in [0, 0.1) is 0 Å². The lowest BCUT2D eigenvalue weighted by atomic mass is 10.0. The molecule has 0 radical (unpaired) electrons. The number of nitrogen functional groups attached to an aromatic ring is 1. The van der Waals surface area contributed by atoms with Crippen LogP contribution in [0.3, 0.4) is 0 Å². The van der Waals surface area contributed by atoms with Gasteiger partial charge in [0.25, 0.3) is 0 Å². The summed E-state index contributed by atoms with van der Waals surface area (Å²) in [5.41, 5.74) is 9.34. The van der Waals surface area contributed by atoms with Gasteiger partial charge in [0.05, 0.1) is 17.9 Å². The van der Waals surface area contributed by atoms with Crippen molar-refractivity contribution in [3.63, 3.8) is 0 Å². The van der Waals surface area contributed by atoms with Crippen molar-refractivity contribution in [2.45, 2.75) is 31.9 Å². The number of aliphatic carboxylic acids is 1. The van der Waals surface area contributed by atoms with Gasteiger partial charge in [-0.1, -0.05) is 12.1 Å². The zero-order chi connectivity index (χ0) is 16.3. The van der Waals surface area contributed by atoms with Gasteiger partial charge < -0.3 is 26.6 Å². The quantitative estimate of drug-likeness (QED) is 0.359. The molecule has 1 unspecified atom stereocenters. The van der Waals surface area contributed by atoms with Crippen LogP contribution < -0.4 is 16.8 Å². The number of rotatable bonds is 5. The number of anilines is 2. The highest BCUT2D eigenvalue weighted by atomic mass is 16.6. The summed E-state index contributed by atoms with van der Waals surface area (Å²) in [5, 5.41) is 12.0. The molecule has 0 aliphatic carbocycles. The Balaban J connectivity index is 2.89. The lowest BCUT2D eigenvalue weighted by molar-refractivity contribution is -0.168. The Morgan fingerprint density at radius 1 is 1.29 bits per heavy atom. The van der Waals surface area contributed by atoms with Crippen LogP contribution in [-0.2, 0) is 14.3 Å². The SMILES string of the molecule is CC(C)(C)OC(=O)C(N)(CNc1ccccc1N)C(=O)O. The highest BCUT2D eigenvalue weighted by Gasteiger charge is 2.45. The maximum Gasteiger partial charge on any atom is 0.340 e. The van der Waals surface area contributed by atoms with Crippen LogP contribution in [-0.4, -0.2) is 34.7 Å². The van der Waals surface area contributed by atoms with Crippen molar-refractivity contribution in [1.29, 1.82) is 0 Å². The first-order valence-corrected chi connectivity index (χ1v) is 6.40. The fourth-order valence-corrected chi connectivity index (χ4v) is 1.50. The molecule has 7 heteroatoms. The van der Waals surface area contributed by atoms with E-state index < -0.39 is 23.1 Å². The average Bonchev–Trinajstić information content (AvgIpc) is 2.35. The summed E-state index contributed by atoms with van der Waals surface area (Å²) in [7, 11) is 0. The van der Waals surface area contributed by atoms with Crippen molar-refractivity contribution in [3.8, 4) is 0 Å². The van der Waals surface area contributed by atoms with Crippen molar-refractivity contribution >= 4 is 23.3 Å². The first kappa shape index (κ1) is 16.8. The third-order valence-corrected chi connectivity index (χ3v) is 2.66. The summed E-state index contributed by atoms with van der Waals surface area (Å²) in [4.78, 5) is 23.4. The summed E-state index contributed by atoms with van der Waals surface area (Å²) in [5.74, 6) is -2.48. The molecule has 0 spiro atoms. The summed E-state index contributed by atoms with van der Waals surface area (Å²) in [6, 6.07) is 6.77. The number of carboxylic acids is 1. The lowest BCUT2D eigenvalue weighted by Crippen LogP contribution is -2.61. The first-order chi connectivity index (χ1) is 9.56. The number of hydrogen-bond acceptors (Lipinski definition) is 6. The molecular formula is C14H21N3O4. The van der Waals surface area contributed by atoms with Crippen LogP contribution in [0.4, 0.5) is 11.4 Å². The molecule has 0 aromatic heterocycles. The zero-order valence-electron chi connectivity index (χ0n) is 12.3. The van der Waals surface area contributed by atoms with Crippen molar-refractivity contribution in [2.75, 3.05) is 17.6 Å². The second-order valence-electron chi connectivity index (χ2n) is 5.72. The summed E-state index contributed by atoms with van der Waals surface area (Å²) in [6.07, 6.45) is 0. The highest BCUT2D eigenvalue weighted by molar-refractivity contribution is 6.04. The molecule has 1 aromatic carbocycles. The number of hydrogen-bond donors (Lipinski definition) is 4. The third-order valence-electron chi connectivity index (χ3n) is 2.66. The van der Waals surface area contributed by atoms with Crippen molar-refractivity contribution in [2.24, 2.45) is 5.73 Å². The second-order valence-corrected chi connectivity index (χ2v) is 5.72. The molecule has 0 saturated heterocycles. The Labute approximate surface area is 123 Å². The Morgan fingerprint density at radius 3 is 2.33 bits per heavy atom. The summed E-state index contributed by atoms with van der Waals surface area (Å²) in [6.45, 7) is 4.56. The number of benzene rings is 1. The minimum absolute atomic E-state index is 0.342. The second kappa shape index (κ2) is 6.01. The van der Waals surface area contributed by atoms with Crippen LogP contribution in [0.2, 0.25) is 0 Å². The van der Waals surface area contributed by atoms with Gasteiger partial charge in [-0.2, -0.15) is 0 Å². The maximum absolute atomic E-state index is 12.0. The van der Waals surface area contributed by atoms with Gasteiger partial charge in [0.2, 0.25) is 5.54 Å². The van der Waals surface area contributed by atoms with E-state index in [1.54, 1.807) is 45.0 Å². The molecule has 0 fully saturated rings. The Morgan fingerprint density at radius 2 is 1.86 bits per heavy atom. The highest BCUT2D eigenvalue weighted by Crippen LogP contribution is 2.19. The molecule has 1 atom stereocenters. The van der Waals surface area contributed by atoms with Crippen molar-refractivity contribution in [3.05, 3.63) is 24.3 Å². The normalized spacial score (nSPS) is 14.1. The Hall–Kier alpha value is -2.28. The van der Waals surface area contributed by atoms with Gasteiger partial charge in [-0.15, -0.1) is 0 Å². The third kappa shape index (κ3) is 4.35. The topological polar surface area (TPSA) is 128 Å².